The third kappa shape index (κ3) is 7.47. The SMILES string of the molecule is C=C(Nc1cc(Nc2cnccn2)nc(-c2ccnc(N3CCNCC3)c2)c1)C(CC(=O)O)CC(C)C. The Labute approximate surface area is 217 Å². The van der Waals surface area contributed by atoms with E-state index in [2.05, 4.69) is 56.2 Å². The van der Waals surface area contributed by atoms with Gasteiger partial charge < -0.3 is 26.0 Å². The smallest absolute Gasteiger partial charge is 0.304 e. The molecule has 37 heavy (non-hydrogen) atoms. The first-order valence-electron chi connectivity index (χ1n) is 12.5. The zero-order valence-corrected chi connectivity index (χ0v) is 21.3. The van der Waals surface area contributed by atoms with Crippen molar-refractivity contribution in [2.24, 2.45) is 11.8 Å². The molecule has 10 nitrogen and oxygen atoms in total. The molecule has 1 unspecified atom stereocenters. The minimum Gasteiger partial charge on any atom is -0.481 e. The van der Waals surface area contributed by atoms with Gasteiger partial charge in [-0.1, -0.05) is 20.4 Å². The highest BCUT2D eigenvalue weighted by Gasteiger charge is 2.19. The number of pyridine rings is 2. The van der Waals surface area contributed by atoms with E-state index in [0.717, 1.165) is 55.4 Å². The molecule has 1 saturated heterocycles. The molecule has 4 heterocycles. The van der Waals surface area contributed by atoms with Gasteiger partial charge in [0.25, 0.3) is 0 Å². The predicted octanol–water partition coefficient (Wildman–Crippen LogP) is 4.15. The molecule has 0 saturated carbocycles. The Kier molecular flexibility index (Phi) is 8.63. The van der Waals surface area contributed by atoms with E-state index in [-0.39, 0.29) is 12.3 Å². The van der Waals surface area contributed by atoms with E-state index >= 15 is 0 Å². The lowest BCUT2D eigenvalue weighted by molar-refractivity contribution is -0.137. The fourth-order valence-electron chi connectivity index (χ4n) is 4.37. The minimum atomic E-state index is -0.841. The number of aromatic nitrogens is 4. The van der Waals surface area contributed by atoms with Crippen LogP contribution in [-0.4, -0.2) is 57.2 Å². The summed E-state index contributed by atoms with van der Waals surface area (Å²) in [6.07, 6.45) is 7.38. The fourth-order valence-corrected chi connectivity index (χ4v) is 4.37. The van der Waals surface area contributed by atoms with Gasteiger partial charge in [0.1, 0.15) is 17.5 Å². The largest absolute Gasteiger partial charge is 0.481 e. The number of carbonyl (C=O) groups is 1. The van der Waals surface area contributed by atoms with Crippen LogP contribution in [0.25, 0.3) is 11.3 Å². The van der Waals surface area contributed by atoms with E-state index in [1.54, 1.807) is 24.8 Å². The maximum absolute atomic E-state index is 11.5. The van der Waals surface area contributed by atoms with Crippen LogP contribution < -0.4 is 20.9 Å². The van der Waals surface area contributed by atoms with Crippen molar-refractivity contribution in [3.63, 3.8) is 0 Å². The van der Waals surface area contributed by atoms with Gasteiger partial charge in [-0.15, -0.1) is 0 Å². The molecule has 10 heteroatoms. The van der Waals surface area contributed by atoms with Crippen LogP contribution in [0.5, 0.6) is 0 Å². The van der Waals surface area contributed by atoms with Gasteiger partial charge in [0, 0.05) is 73.7 Å². The van der Waals surface area contributed by atoms with Crippen molar-refractivity contribution in [1.29, 1.82) is 0 Å². The fraction of sp³-hybridized carbons (Fsp3) is 0.370. The Morgan fingerprint density at radius 3 is 2.65 bits per heavy atom. The Morgan fingerprint density at radius 1 is 1.14 bits per heavy atom. The van der Waals surface area contributed by atoms with Gasteiger partial charge in [0.2, 0.25) is 0 Å². The zero-order chi connectivity index (χ0) is 26.2. The molecule has 0 spiro atoms. The molecule has 194 valence electrons. The van der Waals surface area contributed by atoms with Crippen LogP contribution in [-0.2, 0) is 4.79 Å². The van der Waals surface area contributed by atoms with E-state index in [9.17, 15) is 9.90 Å². The molecular weight excluding hydrogens is 468 g/mol. The second kappa shape index (κ2) is 12.3. The van der Waals surface area contributed by atoms with Crippen LogP contribution in [0.3, 0.4) is 0 Å². The Balaban J connectivity index is 1.66. The van der Waals surface area contributed by atoms with Gasteiger partial charge in [-0.25, -0.2) is 15.0 Å². The summed E-state index contributed by atoms with van der Waals surface area (Å²) in [6.45, 7) is 12.0. The number of allylic oxidation sites excluding steroid dienone is 1. The summed E-state index contributed by atoms with van der Waals surface area (Å²) in [5.41, 5.74) is 3.07. The first-order chi connectivity index (χ1) is 17.9. The quantitative estimate of drug-likeness (QED) is 0.303. The Morgan fingerprint density at radius 2 is 1.95 bits per heavy atom. The number of anilines is 4. The van der Waals surface area contributed by atoms with Crippen LogP contribution in [0.15, 0.2) is 61.3 Å². The highest BCUT2D eigenvalue weighted by molar-refractivity contribution is 5.72. The minimum absolute atomic E-state index is 0.0189. The lowest BCUT2D eigenvalue weighted by Crippen LogP contribution is -2.43. The molecule has 0 amide bonds. The van der Waals surface area contributed by atoms with Gasteiger partial charge in [-0.2, -0.15) is 0 Å². The van der Waals surface area contributed by atoms with Crippen LogP contribution in [0.1, 0.15) is 26.7 Å². The number of hydrogen-bond donors (Lipinski definition) is 4. The summed E-state index contributed by atoms with van der Waals surface area (Å²) in [7, 11) is 0. The molecule has 0 bridgehead atoms. The average Bonchev–Trinajstić information content (AvgIpc) is 2.89. The molecule has 4 rings (SSSR count). The lowest BCUT2D eigenvalue weighted by atomic mass is 9.91. The number of carboxylic acid groups (broad SMARTS) is 1. The molecule has 0 radical (unpaired) electrons. The van der Waals surface area contributed by atoms with Gasteiger partial charge in [0.05, 0.1) is 18.3 Å². The summed E-state index contributed by atoms with van der Waals surface area (Å²) in [4.78, 5) is 31.6. The van der Waals surface area contributed by atoms with E-state index in [1.807, 2.05) is 24.3 Å². The number of rotatable bonds is 11. The molecule has 3 aromatic heterocycles. The average molecular weight is 503 g/mol. The van der Waals surface area contributed by atoms with E-state index in [0.29, 0.717) is 23.3 Å². The lowest BCUT2D eigenvalue weighted by Gasteiger charge is -2.28. The van der Waals surface area contributed by atoms with Crippen LogP contribution in [0, 0.1) is 11.8 Å². The topological polar surface area (TPSA) is 128 Å². The Bertz CT molecular complexity index is 1210. The molecule has 4 N–H and O–H groups in total. The number of piperazine rings is 1. The third-order valence-electron chi connectivity index (χ3n) is 6.10. The van der Waals surface area contributed by atoms with Crippen molar-refractivity contribution in [2.45, 2.75) is 26.7 Å². The second-order valence-electron chi connectivity index (χ2n) is 9.56. The van der Waals surface area contributed by atoms with Gasteiger partial charge in [0.15, 0.2) is 0 Å². The number of carboxylic acids is 1. The second-order valence-corrected chi connectivity index (χ2v) is 9.56. The molecule has 1 aliphatic heterocycles. The van der Waals surface area contributed by atoms with Crippen LogP contribution in [0.4, 0.5) is 23.1 Å². The summed E-state index contributed by atoms with van der Waals surface area (Å²) >= 11 is 0. The van der Waals surface area contributed by atoms with Crippen LogP contribution in [0.2, 0.25) is 0 Å². The summed E-state index contributed by atoms with van der Waals surface area (Å²) in [6, 6.07) is 7.78. The highest BCUT2D eigenvalue weighted by Crippen LogP contribution is 2.30. The van der Waals surface area contributed by atoms with Crippen molar-refractivity contribution >= 4 is 29.1 Å². The molecule has 3 aromatic rings. The molecule has 0 aromatic carbocycles. The van der Waals surface area contributed by atoms with Crippen molar-refractivity contribution in [3.8, 4) is 11.3 Å². The maximum Gasteiger partial charge on any atom is 0.304 e. The molecule has 0 aliphatic carbocycles. The number of hydrogen-bond acceptors (Lipinski definition) is 9. The van der Waals surface area contributed by atoms with E-state index in [1.165, 1.54) is 0 Å². The number of nitrogens with zero attached hydrogens (tertiary/aromatic N) is 5. The van der Waals surface area contributed by atoms with Gasteiger partial charge >= 0.3 is 5.97 Å². The standard InChI is InChI=1S/C27H34N8O2/c1-18(2)12-21(14-27(36)37)19(3)32-22-15-23(33-24(16-22)34-25-17-29-6-7-30-25)20-4-5-31-26(13-20)35-10-8-28-9-11-35/h4-7,13,15-18,21,28H,3,8-12,14H2,1-2H3,(H,36,37)(H2,30,32,33,34). The summed E-state index contributed by atoms with van der Waals surface area (Å²) < 4.78 is 0. The maximum atomic E-state index is 11.5. The number of nitrogens with one attached hydrogen (secondary N) is 3. The summed E-state index contributed by atoms with van der Waals surface area (Å²) in [5.74, 6) is 1.34. The first-order valence-corrected chi connectivity index (χ1v) is 12.5. The van der Waals surface area contributed by atoms with Crippen molar-refractivity contribution in [2.75, 3.05) is 41.7 Å². The van der Waals surface area contributed by atoms with Crippen LogP contribution >= 0.6 is 0 Å². The normalized spacial score (nSPS) is 14.3. The first kappa shape index (κ1) is 26.0. The monoisotopic (exact) mass is 502 g/mol. The molecular formula is C27H34N8O2. The zero-order valence-electron chi connectivity index (χ0n) is 21.3. The predicted molar refractivity (Wildman–Crippen MR) is 146 cm³/mol. The number of aliphatic carboxylic acids is 1. The summed E-state index contributed by atoms with van der Waals surface area (Å²) in [5, 5.41) is 19.4. The molecule has 1 aliphatic rings. The van der Waals surface area contributed by atoms with E-state index in [4.69, 9.17) is 4.98 Å². The highest BCUT2D eigenvalue weighted by atomic mass is 16.4. The van der Waals surface area contributed by atoms with Crippen molar-refractivity contribution < 1.29 is 9.90 Å². The molecule has 1 fully saturated rings. The Hall–Kier alpha value is -4.05. The van der Waals surface area contributed by atoms with Gasteiger partial charge in [-0.3, -0.25) is 9.78 Å². The van der Waals surface area contributed by atoms with Gasteiger partial charge in [-0.05, 0) is 30.5 Å². The van der Waals surface area contributed by atoms with Crippen molar-refractivity contribution in [3.05, 3.63) is 61.3 Å². The third-order valence-corrected chi connectivity index (χ3v) is 6.10. The molecule has 1 atom stereocenters. The van der Waals surface area contributed by atoms with Crippen molar-refractivity contribution in [1.82, 2.24) is 25.3 Å². The van der Waals surface area contributed by atoms with E-state index < -0.39 is 5.97 Å².